The third-order valence-electron chi connectivity index (χ3n) is 3.56. The minimum absolute atomic E-state index is 0.368. The van der Waals surface area contributed by atoms with Gasteiger partial charge < -0.3 is 19.5 Å². The van der Waals surface area contributed by atoms with Crippen molar-refractivity contribution in [2.75, 3.05) is 39.4 Å². The van der Waals surface area contributed by atoms with Crippen molar-refractivity contribution in [3.8, 4) is 5.75 Å². The number of rotatable bonds is 9. The predicted octanol–water partition coefficient (Wildman–Crippen LogP) is 2.86. The molecule has 0 aromatic heterocycles. The molecule has 20 heavy (non-hydrogen) atoms. The van der Waals surface area contributed by atoms with Crippen LogP contribution in [0.1, 0.15) is 18.4 Å². The topological polar surface area (TPSA) is 39.7 Å². The molecule has 1 unspecified atom stereocenters. The van der Waals surface area contributed by atoms with Crippen molar-refractivity contribution in [2.45, 2.75) is 25.8 Å². The van der Waals surface area contributed by atoms with Gasteiger partial charge in [-0.15, -0.1) is 0 Å². The maximum absolute atomic E-state index is 5.81. The molecule has 0 aliphatic heterocycles. The van der Waals surface area contributed by atoms with Crippen LogP contribution in [0.3, 0.4) is 0 Å². The molecular formula is C16H25NO3. The average molecular weight is 279 g/mol. The molecule has 1 N–H and O–H groups in total. The summed E-state index contributed by atoms with van der Waals surface area (Å²) in [5.74, 6) is 1.62. The van der Waals surface area contributed by atoms with E-state index in [-0.39, 0.29) is 0 Å². The SMILES string of the molecule is COCCOc1cc(C)ccc1NC(COC)C1CC1. The summed E-state index contributed by atoms with van der Waals surface area (Å²) < 4.78 is 16.2. The highest BCUT2D eigenvalue weighted by Gasteiger charge is 2.31. The predicted molar refractivity (Wildman–Crippen MR) is 80.6 cm³/mol. The second-order valence-corrected chi connectivity index (χ2v) is 5.38. The Bertz CT molecular complexity index is 418. The van der Waals surface area contributed by atoms with Crippen molar-refractivity contribution >= 4 is 5.69 Å². The van der Waals surface area contributed by atoms with E-state index >= 15 is 0 Å². The number of anilines is 1. The number of ether oxygens (including phenoxy) is 3. The fraction of sp³-hybridized carbons (Fsp3) is 0.625. The first-order valence-corrected chi connectivity index (χ1v) is 7.22. The number of methoxy groups -OCH3 is 2. The highest BCUT2D eigenvalue weighted by molar-refractivity contribution is 5.58. The molecule has 0 radical (unpaired) electrons. The van der Waals surface area contributed by atoms with Gasteiger partial charge in [0.25, 0.3) is 0 Å². The molecule has 1 aromatic rings. The van der Waals surface area contributed by atoms with Crippen molar-refractivity contribution in [2.24, 2.45) is 5.92 Å². The van der Waals surface area contributed by atoms with E-state index < -0.39 is 0 Å². The molecule has 2 rings (SSSR count). The monoisotopic (exact) mass is 279 g/mol. The van der Waals surface area contributed by atoms with E-state index in [0.717, 1.165) is 24.0 Å². The lowest BCUT2D eigenvalue weighted by molar-refractivity contribution is 0.146. The summed E-state index contributed by atoms with van der Waals surface area (Å²) in [7, 11) is 3.43. The Morgan fingerprint density at radius 3 is 2.65 bits per heavy atom. The van der Waals surface area contributed by atoms with Crippen LogP contribution in [0.4, 0.5) is 5.69 Å². The Morgan fingerprint density at radius 2 is 2.00 bits per heavy atom. The molecule has 1 saturated carbocycles. The van der Waals surface area contributed by atoms with Crippen LogP contribution in [0.2, 0.25) is 0 Å². The Kier molecular flexibility index (Phi) is 5.68. The van der Waals surface area contributed by atoms with Crippen LogP contribution in [-0.4, -0.2) is 40.1 Å². The second-order valence-electron chi connectivity index (χ2n) is 5.38. The molecule has 1 aliphatic rings. The van der Waals surface area contributed by atoms with Gasteiger partial charge in [-0.05, 0) is 43.4 Å². The molecular weight excluding hydrogens is 254 g/mol. The number of hydrogen-bond acceptors (Lipinski definition) is 4. The highest BCUT2D eigenvalue weighted by Crippen LogP contribution is 2.36. The summed E-state index contributed by atoms with van der Waals surface area (Å²) in [6, 6.07) is 6.62. The van der Waals surface area contributed by atoms with E-state index in [9.17, 15) is 0 Å². The maximum atomic E-state index is 5.81. The van der Waals surface area contributed by atoms with Crippen molar-refractivity contribution in [3.63, 3.8) is 0 Å². The number of hydrogen-bond donors (Lipinski definition) is 1. The van der Waals surface area contributed by atoms with Gasteiger partial charge in [0, 0.05) is 14.2 Å². The Labute approximate surface area is 121 Å². The number of aryl methyl sites for hydroxylation is 1. The lowest BCUT2D eigenvalue weighted by atomic mass is 10.1. The molecule has 0 heterocycles. The molecule has 0 bridgehead atoms. The normalized spacial score (nSPS) is 15.9. The van der Waals surface area contributed by atoms with E-state index in [4.69, 9.17) is 14.2 Å². The lowest BCUT2D eigenvalue weighted by Gasteiger charge is -2.21. The zero-order chi connectivity index (χ0) is 14.4. The van der Waals surface area contributed by atoms with Gasteiger partial charge in [-0.1, -0.05) is 6.07 Å². The maximum Gasteiger partial charge on any atom is 0.142 e. The van der Waals surface area contributed by atoms with Crippen LogP contribution in [0.25, 0.3) is 0 Å². The van der Waals surface area contributed by atoms with Crippen LogP contribution >= 0.6 is 0 Å². The molecule has 4 nitrogen and oxygen atoms in total. The van der Waals surface area contributed by atoms with E-state index in [1.165, 1.54) is 18.4 Å². The molecule has 1 atom stereocenters. The lowest BCUT2D eigenvalue weighted by Crippen LogP contribution is -2.27. The van der Waals surface area contributed by atoms with Gasteiger partial charge in [-0.3, -0.25) is 0 Å². The fourth-order valence-electron chi connectivity index (χ4n) is 2.28. The van der Waals surface area contributed by atoms with Crippen LogP contribution in [0, 0.1) is 12.8 Å². The quantitative estimate of drug-likeness (QED) is 0.706. The van der Waals surface area contributed by atoms with Gasteiger partial charge in [-0.25, -0.2) is 0 Å². The second kappa shape index (κ2) is 7.50. The summed E-state index contributed by atoms with van der Waals surface area (Å²) in [6.45, 7) is 3.96. The molecule has 1 aromatic carbocycles. The van der Waals surface area contributed by atoms with Gasteiger partial charge in [0.05, 0.1) is 24.9 Å². The first-order chi connectivity index (χ1) is 9.74. The third kappa shape index (κ3) is 4.39. The molecule has 4 heteroatoms. The van der Waals surface area contributed by atoms with Gasteiger partial charge in [0.2, 0.25) is 0 Å². The van der Waals surface area contributed by atoms with Crippen LogP contribution in [0.15, 0.2) is 18.2 Å². The zero-order valence-electron chi connectivity index (χ0n) is 12.6. The summed E-state index contributed by atoms with van der Waals surface area (Å²) in [4.78, 5) is 0. The molecule has 1 aliphatic carbocycles. The minimum Gasteiger partial charge on any atom is -0.489 e. The van der Waals surface area contributed by atoms with Gasteiger partial charge in [0.1, 0.15) is 12.4 Å². The summed E-state index contributed by atoms with van der Waals surface area (Å²) in [6.07, 6.45) is 2.57. The molecule has 0 saturated heterocycles. The molecule has 0 spiro atoms. The van der Waals surface area contributed by atoms with E-state index in [0.29, 0.717) is 19.3 Å². The van der Waals surface area contributed by atoms with E-state index in [1.54, 1.807) is 14.2 Å². The zero-order valence-corrected chi connectivity index (χ0v) is 12.6. The van der Waals surface area contributed by atoms with Crippen molar-refractivity contribution in [1.29, 1.82) is 0 Å². The van der Waals surface area contributed by atoms with Crippen LogP contribution < -0.4 is 10.1 Å². The molecule has 1 fully saturated rings. The summed E-state index contributed by atoms with van der Waals surface area (Å²) >= 11 is 0. The Morgan fingerprint density at radius 1 is 1.20 bits per heavy atom. The van der Waals surface area contributed by atoms with Gasteiger partial charge in [0.15, 0.2) is 0 Å². The fourth-order valence-corrected chi connectivity index (χ4v) is 2.28. The van der Waals surface area contributed by atoms with Crippen LogP contribution in [0.5, 0.6) is 5.75 Å². The van der Waals surface area contributed by atoms with E-state index in [1.807, 2.05) is 0 Å². The highest BCUT2D eigenvalue weighted by atomic mass is 16.5. The van der Waals surface area contributed by atoms with E-state index in [2.05, 4.69) is 30.4 Å². The summed E-state index contributed by atoms with van der Waals surface area (Å²) in [5.41, 5.74) is 2.23. The Hall–Kier alpha value is -1.26. The van der Waals surface area contributed by atoms with Crippen molar-refractivity contribution in [3.05, 3.63) is 23.8 Å². The minimum atomic E-state index is 0.368. The number of nitrogens with one attached hydrogen (secondary N) is 1. The largest absolute Gasteiger partial charge is 0.489 e. The van der Waals surface area contributed by atoms with Crippen molar-refractivity contribution in [1.82, 2.24) is 0 Å². The smallest absolute Gasteiger partial charge is 0.142 e. The van der Waals surface area contributed by atoms with Crippen LogP contribution in [-0.2, 0) is 9.47 Å². The van der Waals surface area contributed by atoms with Gasteiger partial charge in [-0.2, -0.15) is 0 Å². The van der Waals surface area contributed by atoms with Gasteiger partial charge >= 0.3 is 0 Å². The third-order valence-corrected chi connectivity index (χ3v) is 3.56. The summed E-state index contributed by atoms with van der Waals surface area (Å²) in [5, 5.41) is 3.57. The van der Waals surface area contributed by atoms with Crippen molar-refractivity contribution < 1.29 is 14.2 Å². The number of benzene rings is 1. The molecule has 112 valence electrons. The first kappa shape index (κ1) is 15.1. The average Bonchev–Trinajstić information content (AvgIpc) is 3.25. The standard InChI is InChI=1S/C16H25NO3/c1-12-4-7-14(16(10-12)20-9-8-18-2)17-15(11-19-3)13-5-6-13/h4,7,10,13,15,17H,5-6,8-9,11H2,1-3H3. The molecule has 0 amide bonds. The Balaban J connectivity index is 2.04. The first-order valence-electron chi connectivity index (χ1n) is 7.22.